The maximum absolute atomic E-state index is 11.4. The molecule has 6 heteroatoms. The normalized spacial score (nSPS) is 22.7. The van der Waals surface area contributed by atoms with Crippen LogP contribution in [0.2, 0.25) is 0 Å². The van der Waals surface area contributed by atoms with Gasteiger partial charge in [-0.2, -0.15) is 0 Å². The van der Waals surface area contributed by atoms with Crippen molar-refractivity contribution >= 4 is 22.4 Å². The van der Waals surface area contributed by atoms with Crippen molar-refractivity contribution in [2.75, 3.05) is 16.6 Å². The molecule has 1 fully saturated rings. The standard InChI is InChI=1S/C16H21NO4S/c18-16(19)14-9-13(12-5-1-2-6-12)10-15(11-14)17-7-3-4-8-22(17,20)21/h1-2,9-12,20-21H,3-8H2,(H,18,19). The van der Waals surface area contributed by atoms with Crippen LogP contribution in [0.5, 0.6) is 0 Å². The third-order valence-corrected chi connectivity index (χ3v) is 6.27. The van der Waals surface area contributed by atoms with Gasteiger partial charge in [-0.1, -0.05) is 12.2 Å². The van der Waals surface area contributed by atoms with Crippen LogP contribution in [-0.4, -0.2) is 32.5 Å². The number of aromatic carboxylic acids is 1. The molecule has 0 unspecified atom stereocenters. The van der Waals surface area contributed by atoms with Crippen LogP contribution in [0.1, 0.15) is 47.5 Å². The molecule has 22 heavy (non-hydrogen) atoms. The van der Waals surface area contributed by atoms with Crippen molar-refractivity contribution in [2.45, 2.75) is 31.6 Å². The van der Waals surface area contributed by atoms with E-state index in [1.54, 1.807) is 16.4 Å². The molecular formula is C16H21NO4S. The van der Waals surface area contributed by atoms with Gasteiger partial charge in [0.1, 0.15) is 0 Å². The van der Waals surface area contributed by atoms with E-state index in [0.717, 1.165) is 31.2 Å². The van der Waals surface area contributed by atoms with Gasteiger partial charge in [0.25, 0.3) is 0 Å². The molecule has 3 rings (SSSR count). The number of nitrogens with zero attached hydrogens (tertiary/aromatic N) is 1. The van der Waals surface area contributed by atoms with Gasteiger partial charge in [-0.3, -0.25) is 13.4 Å². The molecule has 0 spiro atoms. The summed E-state index contributed by atoms with van der Waals surface area (Å²) in [7, 11) is -2.83. The molecule has 3 N–H and O–H groups in total. The molecule has 0 bridgehead atoms. The van der Waals surface area contributed by atoms with Crippen molar-refractivity contribution in [1.29, 1.82) is 0 Å². The lowest BCUT2D eigenvalue weighted by atomic mass is 9.94. The summed E-state index contributed by atoms with van der Waals surface area (Å²) < 4.78 is 22.1. The van der Waals surface area contributed by atoms with Crippen LogP contribution in [0.3, 0.4) is 0 Å². The number of anilines is 1. The van der Waals surface area contributed by atoms with Crippen LogP contribution in [0, 0.1) is 0 Å². The highest BCUT2D eigenvalue weighted by Crippen LogP contribution is 2.50. The monoisotopic (exact) mass is 323 g/mol. The second-order valence-corrected chi connectivity index (χ2v) is 8.02. The Morgan fingerprint density at radius 3 is 2.50 bits per heavy atom. The van der Waals surface area contributed by atoms with Crippen LogP contribution in [0.25, 0.3) is 0 Å². The summed E-state index contributed by atoms with van der Waals surface area (Å²) in [5, 5.41) is 9.35. The van der Waals surface area contributed by atoms with E-state index < -0.39 is 16.7 Å². The zero-order valence-corrected chi connectivity index (χ0v) is 13.1. The average Bonchev–Trinajstić information content (AvgIpc) is 3.00. The Bertz CT molecular complexity index is 606. The van der Waals surface area contributed by atoms with Gasteiger partial charge in [-0.15, -0.1) is 10.8 Å². The fourth-order valence-corrected chi connectivity index (χ4v) is 4.81. The third-order valence-electron chi connectivity index (χ3n) is 4.34. The fraction of sp³-hybridized carbons (Fsp3) is 0.438. The number of hydrogen-bond acceptors (Lipinski definition) is 4. The first-order valence-corrected chi connectivity index (χ1v) is 9.21. The summed E-state index contributed by atoms with van der Waals surface area (Å²) in [4.78, 5) is 11.4. The van der Waals surface area contributed by atoms with Crippen LogP contribution in [0.4, 0.5) is 5.69 Å². The van der Waals surface area contributed by atoms with E-state index in [2.05, 4.69) is 12.2 Å². The summed E-state index contributed by atoms with van der Waals surface area (Å²) in [6, 6.07) is 5.18. The second kappa shape index (κ2) is 5.95. The molecule has 2 aliphatic rings. The van der Waals surface area contributed by atoms with Crippen LogP contribution in [-0.2, 0) is 0 Å². The summed E-state index contributed by atoms with van der Waals surface area (Å²) >= 11 is 0. The van der Waals surface area contributed by atoms with Crippen molar-refractivity contribution in [1.82, 2.24) is 0 Å². The van der Waals surface area contributed by atoms with Gasteiger partial charge in [0.2, 0.25) is 0 Å². The molecule has 0 amide bonds. The van der Waals surface area contributed by atoms with Gasteiger partial charge in [0.15, 0.2) is 0 Å². The summed E-state index contributed by atoms with van der Waals surface area (Å²) in [6.07, 6.45) is 7.68. The highest BCUT2D eigenvalue weighted by Gasteiger charge is 2.28. The fourth-order valence-electron chi connectivity index (χ4n) is 3.13. The minimum Gasteiger partial charge on any atom is -0.478 e. The molecule has 0 saturated carbocycles. The molecule has 0 aromatic heterocycles. The summed E-state index contributed by atoms with van der Waals surface area (Å²) in [5.74, 6) is -0.350. The number of carboxylic acids is 1. The van der Waals surface area contributed by atoms with Gasteiger partial charge < -0.3 is 5.11 Å². The minimum absolute atomic E-state index is 0.208. The number of allylic oxidation sites excluding steroid dienone is 2. The number of carboxylic acid groups (broad SMARTS) is 1. The Morgan fingerprint density at radius 2 is 1.86 bits per heavy atom. The van der Waals surface area contributed by atoms with Gasteiger partial charge in [-0.05, 0) is 55.4 Å². The molecule has 1 aromatic rings. The predicted octanol–water partition coefficient (Wildman–Crippen LogP) is 4.08. The first-order valence-electron chi connectivity index (χ1n) is 7.54. The van der Waals surface area contributed by atoms with E-state index in [0.29, 0.717) is 18.0 Å². The van der Waals surface area contributed by atoms with Crippen LogP contribution in [0.15, 0.2) is 30.4 Å². The van der Waals surface area contributed by atoms with Gasteiger partial charge >= 0.3 is 5.97 Å². The Balaban J connectivity index is 2.00. The maximum atomic E-state index is 11.4. The SMILES string of the molecule is O=C(O)c1cc(C2CC=CC2)cc(N2CCCCS2(O)O)c1. The highest BCUT2D eigenvalue weighted by molar-refractivity contribution is 8.25. The van der Waals surface area contributed by atoms with Gasteiger partial charge in [-0.25, -0.2) is 4.79 Å². The minimum atomic E-state index is -2.83. The Kier molecular flexibility index (Phi) is 4.16. The zero-order valence-electron chi connectivity index (χ0n) is 12.3. The van der Waals surface area contributed by atoms with Crippen LogP contribution >= 0.6 is 10.8 Å². The summed E-state index contributed by atoms with van der Waals surface area (Å²) in [5.41, 5.74) is 1.78. The molecule has 5 nitrogen and oxygen atoms in total. The molecule has 1 heterocycles. The molecule has 1 aliphatic heterocycles. The lowest BCUT2D eigenvalue weighted by Gasteiger charge is -2.47. The van der Waals surface area contributed by atoms with E-state index in [4.69, 9.17) is 0 Å². The molecule has 120 valence electrons. The quantitative estimate of drug-likeness (QED) is 0.730. The Morgan fingerprint density at radius 1 is 1.14 bits per heavy atom. The van der Waals surface area contributed by atoms with E-state index in [9.17, 15) is 19.0 Å². The summed E-state index contributed by atoms with van der Waals surface area (Å²) in [6.45, 7) is 0.549. The molecular weight excluding hydrogens is 302 g/mol. The van der Waals surface area contributed by atoms with E-state index in [-0.39, 0.29) is 11.5 Å². The Labute approximate surface area is 131 Å². The largest absolute Gasteiger partial charge is 0.478 e. The first kappa shape index (κ1) is 15.4. The number of rotatable bonds is 3. The molecule has 1 aliphatic carbocycles. The smallest absolute Gasteiger partial charge is 0.335 e. The number of hydrogen-bond donors (Lipinski definition) is 3. The third kappa shape index (κ3) is 2.99. The van der Waals surface area contributed by atoms with Gasteiger partial charge in [0.05, 0.1) is 17.0 Å². The Hall–Kier alpha value is -1.50. The van der Waals surface area contributed by atoms with Crippen molar-refractivity contribution in [3.63, 3.8) is 0 Å². The highest BCUT2D eigenvalue weighted by atomic mass is 32.3. The van der Waals surface area contributed by atoms with Crippen molar-refractivity contribution in [2.24, 2.45) is 0 Å². The second-order valence-electron chi connectivity index (χ2n) is 5.90. The van der Waals surface area contributed by atoms with E-state index in [1.807, 2.05) is 6.07 Å². The molecule has 1 saturated heterocycles. The lowest BCUT2D eigenvalue weighted by Crippen LogP contribution is -2.34. The molecule has 0 atom stereocenters. The topological polar surface area (TPSA) is 81.0 Å². The lowest BCUT2D eigenvalue weighted by molar-refractivity contribution is 0.0696. The maximum Gasteiger partial charge on any atom is 0.335 e. The predicted molar refractivity (Wildman–Crippen MR) is 88.8 cm³/mol. The van der Waals surface area contributed by atoms with Crippen molar-refractivity contribution in [3.8, 4) is 0 Å². The van der Waals surface area contributed by atoms with E-state index in [1.165, 1.54) is 0 Å². The van der Waals surface area contributed by atoms with E-state index >= 15 is 0 Å². The average molecular weight is 323 g/mol. The molecule has 0 radical (unpaired) electrons. The molecule has 1 aromatic carbocycles. The number of benzene rings is 1. The van der Waals surface area contributed by atoms with Crippen molar-refractivity contribution in [3.05, 3.63) is 41.5 Å². The zero-order chi connectivity index (χ0) is 15.7. The first-order chi connectivity index (χ1) is 10.5. The van der Waals surface area contributed by atoms with Crippen LogP contribution < -0.4 is 4.31 Å². The van der Waals surface area contributed by atoms with Crippen molar-refractivity contribution < 1.29 is 19.0 Å². The van der Waals surface area contributed by atoms with Gasteiger partial charge in [0, 0.05) is 6.54 Å². The number of carbonyl (C=O) groups is 1.